The Balaban J connectivity index is 1.38. The number of benzene rings is 1. The number of hydrogen-bond acceptors (Lipinski definition) is 4. The minimum atomic E-state index is -0.107. The molecule has 0 saturated carbocycles. The molecule has 0 spiro atoms. The summed E-state index contributed by atoms with van der Waals surface area (Å²) in [6.45, 7) is 3.26. The number of carbonyl (C=O) groups is 2. The lowest BCUT2D eigenvalue weighted by atomic mass is 10.3. The maximum atomic E-state index is 12.1. The van der Waals surface area contributed by atoms with Crippen molar-refractivity contribution >= 4 is 17.6 Å². The van der Waals surface area contributed by atoms with Crippen molar-refractivity contribution in [2.24, 2.45) is 0 Å². The van der Waals surface area contributed by atoms with Crippen LogP contribution in [0.25, 0.3) is 0 Å². The van der Waals surface area contributed by atoms with Crippen LogP contribution in [0.4, 0.5) is 10.5 Å². The zero-order valence-corrected chi connectivity index (χ0v) is 14.0. The van der Waals surface area contributed by atoms with E-state index in [1.165, 1.54) is 0 Å². The standard InChI is InChI=1S/C18H22N4O3/c23-17(20-15-5-2-1-3-6-15)14-21-8-10-22(11-9-21)18(24)19-13-16-7-4-12-25-16/h1-7,12H,8-11,13-14H2,(H,19,24)(H,20,23). The number of hydrogen-bond donors (Lipinski definition) is 2. The first-order valence-electron chi connectivity index (χ1n) is 8.33. The van der Waals surface area contributed by atoms with Crippen molar-refractivity contribution in [2.75, 3.05) is 38.0 Å². The molecule has 0 aliphatic carbocycles. The van der Waals surface area contributed by atoms with Crippen molar-refractivity contribution in [3.8, 4) is 0 Å². The first kappa shape index (κ1) is 17.0. The summed E-state index contributed by atoms with van der Waals surface area (Å²) >= 11 is 0. The fourth-order valence-electron chi connectivity index (χ4n) is 2.72. The molecular weight excluding hydrogens is 320 g/mol. The number of furan rings is 1. The van der Waals surface area contributed by atoms with E-state index in [1.54, 1.807) is 17.2 Å². The summed E-state index contributed by atoms with van der Waals surface area (Å²) in [4.78, 5) is 28.0. The van der Waals surface area contributed by atoms with Gasteiger partial charge < -0.3 is 20.0 Å². The second-order valence-electron chi connectivity index (χ2n) is 5.92. The largest absolute Gasteiger partial charge is 0.467 e. The summed E-state index contributed by atoms with van der Waals surface area (Å²) in [5.74, 6) is 0.687. The van der Waals surface area contributed by atoms with Crippen LogP contribution in [0.2, 0.25) is 0 Å². The maximum absolute atomic E-state index is 12.1. The molecule has 0 atom stereocenters. The summed E-state index contributed by atoms with van der Waals surface area (Å²) in [5.41, 5.74) is 0.795. The van der Waals surface area contributed by atoms with Crippen molar-refractivity contribution in [3.05, 3.63) is 54.5 Å². The first-order valence-corrected chi connectivity index (χ1v) is 8.33. The fourth-order valence-corrected chi connectivity index (χ4v) is 2.72. The third-order valence-corrected chi connectivity index (χ3v) is 4.08. The third kappa shape index (κ3) is 5.09. The van der Waals surface area contributed by atoms with Gasteiger partial charge in [0.2, 0.25) is 5.91 Å². The molecule has 1 fully saturated rings. The predicted molar refractivity (Wildman–Crippen MR) is 94.0 cm³/mol. The summed E-state index contributed by atoms with van der Waals surface area (Å²) < 4.78 is 5.19. The number of amides is 3. The van der Waals surface area contributed by atoms with Crippen molar-refractivity contribution in [2.45, 2.75) is 6.54 Å². The van der Waals surface area contributed by atoms with Crippen LogP contribution in [0.3, 0.4) is 0 Å². The van der Waals surface area contributed by atoms with E-state index < -0.39 is 0 Å². The minimum Gasteiger partial charge on any atom is -0.467 e. The van der Waals surface area contributed by atoms with E-state index in [4.69, 9.17) is 4.42 Å². The zero-order valence-electron chi connectivity index (χ0n) is 14.0. The SMILES string of the molecule is O=C(CN1CCN(C(=O)NCc2ccco2)CC1)Nc1ccccc1. The average Bonchev–Trinajstić information content (AvgIpc) is 3.14. The van der Waals surface area contributed by atoms with Crippen molar-refractivity contribution in [1.29, 1.82) is 0 Å². The third-order valence-electron chi connectivity index (χ3n) is 4.08. The molecular formula is C18H22N4O3. The maximum Gasteiger partial charge on any atom is 0.317 e. The predicted octanol–water partition coefficient (Wildman–Crippen LogP) is 1.75. The van der Waals surface area contributed by atoms with Crippen LogP contribution in [-0.2, 0) is 11.3 Å². The van der Waals surface area contributed by atoms with Crippen LogP contribution in [0, 0.1) is 0 Å². The molecule has 2 heterocycles. The lowest BCUT2D eigenvalue weighted by Crippen LogP contribution is -2.52. The normalized spacial score (nSPS) is 15.0. The number of nitrogens with zero attached hydrogens (tertiary/aromatic N) is 2. The van der Waals surface area contributed by atoms with Crippen molar-refractivity contribution in [1.82, 2.24) is 15.1 Å². The van der Waals surface area contributed by atoms with Gasteiger partial charge in [0.25, 0.3) is 0 Å². The second-order valence-corrected chi connectivity index (χ2v) is 5.92. The molecule has 1 aliphatic rings. The molecule has 1 aromatic carbocycles. The van der Waals surface area contributed by atoms with Gasteiger partial charge in [0.15, 0.2) is 0 Å². The molecule has 1 aromatic heterocycles. The molecule has 0 bridgehead atoms. The van der Waals surface area contributed by atoms with Crippen LogP contribution in [0.1, 0.15) is 5.76 Å². The van der Waals surface area contributed by atoms with E-state index in [9.17, 15) is 9.59 Å². The van der Waals surface area contributed by atoms with Gasteiger partial charge in [-0.25, -0.2) is 4.79 Å². The monoisotopic (exact) mass is 342 g/mol. The summed E-state index contributed by atoms with van der Waals surface area (Å²) in [6, 6.07) is 12.9. The minimum absolute atomic E-state index is 0.0399. The fraction of sp³-hybridized carbons (Fsp3) is 0.333. The Kier molecular flexibility index (Phi) is 5.69. The Morgan fingerprint density at radius 3 is 2.44 bits per heavy atom. The van der Waals surface area contributed by atoms with E-state index in [1.807, 2.05) is 36.4 Å². The number of anilines is 1. The zero-order chi connectivity index (χ0) is 17.5. The summed E-state index contributed by atoms with van der Waals surface area (Å²) in [7, 11) is 0. The van der Waals surface area contributed by atoms with Gasteiger partial charge in [0.1, 0.15) is 5.76 Å². The van der Waals surface area contributed by atoms with E-state index in [0.717, 1.165) is 11.4 Å². The van der Waals surface area contributed by atoms with Crippen LogP contribution in [0.15, 0.2) is 53.1 Å². The van der Waals surface area contributed by atoms with Crippen molar-refractivity contribution in [3.63, 3.8) is 0 Å². The molecule has 0 unspecified atom stereocenters. The molecule has 3 amide bonds. The van der Waals surface area contributed by atoms with Gasteiger partial charge in [-0.05, 0) is 24.3 Å². The number of para-hydroxylation sites is 1. The van der Waals surface area contributed by atoms with Gasteiger partial charge in [-0.3, -0.25) is 9.69 Å². The Hall–Kier alpha value is -2.80. The Bertz CT molecular complexity index is 680. The molecule has 132 valence electrons. The molecule has 0 radical (unpaired) electrons. The van der Waals surface area contributed by atoms with Gasteiger partial charge in [-0.15, -0.1) is 0 Å². The quantitative estimate of drug-likeness (QED) is 0.868. The number of rotatable bonds is 5. The van der Waals surface area contributed by atoms with Gasteiger partial charge in [0, 0.05) is 31.9 Å². The van der Waals surface area contributed by atoms with Crippen LogP contribution in [0.5, 0.6) is 0 Å². The van der Waals surface area contributed by atoms with Crippen LogP contribution >= 0.6 is 0 Å². The van der Waals surface area contributed by atoms with Crippen LogP contribution in [-0.4, -0.2) is 54.5 Å². The lowest BCUT2D eigenvalue weighted by molar-refractivity contribution is -0.117. The summed E-state index contributed by atoms with van der Waals surface area (Å²) in [6.07, 6.45) is 1.58. The van der Waals surface area contributed by atoms with E-state index in [-0.39, 0.29) is 11.9 Å². The molecule has 7 heteroatoms. The molecule has 25 heavy (non-hydrogen) atoms. The number of piperazine rings is 1. The molecule has 7 nitrogen and oxygen atoms in total. The Morgan fingerprint density at radius 1 is 1.00 bits per heavy atom. The molecule has 1 aliphatic heterocycles. The second kappa shape index (κ2) is 8.34. The summed E-state index contributed by atoms with van der Waals surface area (Å²) in [5, 5.41) is 5.71. The first-order chi connectivity index (χ1) is 12.2. The molecule has 1 saturated heterocycles. The van der Waals surface area contributed by atoms with E-state index >= 15 is 0 Å². The smallest absolute Gasteiger partial charge is 0.317 e. The van der Waals surface area contributed by atoms with E-state index in [2.05, 4.69) is 15.5 Å². The highest BCUT2D eigenvalue weighted by molar-refractivity contribution is 5.92. The van der Waals surface area contributed by atoms with Crippen molar-refractivity contribution < 1.29 is 14.0 Å². The highest BCUT2D eigenvalue weighted by atomic mass is 16.3. The van der Waals surface area contributed by atoms with Gasteiger partial charge in [0.05, 0.1) is 19.4 Å². The highest BCUT2D eigenvalue weighted by Crippen LogP contribution is 2.07. The van der Waals surface area contributed by atoms with E-state index in [0.29, 0.717) is 39.3 Å². The number of nitrogens with one attached hydrogen (secondary N) is 2. The van der Waals surface area contributed by atoms with Gasteiger partial charge >= 0.3 is 6.03 Å². The molecule has 2 aromatic rings. The molecule has 3 rings (SSSR count). The Labute approximate surface area is 146 Å². The molecule has 2 N–H and O–H groups in total. The van der Waals surface area contributed by atoms with Gasteiger partial charge in [-0.1, -0.05) is 18.2 Å². The number of urea groups is 1. The topological polar surface area (TPSA) is 77.8 Å². The Morgan fingerprint density at radius 2 is 1.76 bits per heavy atom. The average molecular weight is 342 g/mol. The highest BCUT2D eigenvalue weighted by Gasteiger charge is 2.22. The van der Waals surface area contributed by atoms with Crippen LogP contribution < -0.4 is 10.6 Å². The lowest BCUT2D eigenvalue weighted by Gasteiger charge is -2.34. The van der Waals surface area contributed by atoms with Gasteiger partial charge in [-0.2, -0.15) is 0 Å². The number of carbonyl (C=O) groups excluding carboxylic acids is 2.